The van der Waals surface area contributed by atoms with Crippen molar-refractivity contribution >= 4 is 15.9 Å². The van der Waals surface area contributed by atoms with E-state index in [0.717, 1.165) is 21.4 Å². The molecule has 1 aromatic carbocycles. The van der Waals surface area contributed by atoms with Crippen molar-refractivity contribution in [3.8, 4) is 11.3 Å². The van der Waals surface area contributed by atoms with Crippen molar-refractivity contribution in [2.45, 2.75) is 13.0 Å². The van der Waals surface area contributed by atoms with Gasteiger partial charge < -0.3 is 5.32 Å². The summed E-state index contributed by atoms with van der Waals surface area (Å²) in [6, 6.07) is 10.5. The first-order valence-corrected chi connectivity index (χ1v) is 5.98. The first-order chi connectivity index (χ1) is 7.70. The van der Waals surface area contributed by atoms with Gasteiger partial charge in [-0.05, 0) is 32.2 Å². The van der Waals surface area contributed by atoms with Crippen molar-refractivity contribution in [1.82, 2.24) is 15.5 Å². The maximum atomic E-state index is 4.30. The largest absolute Gasteiger partial charge is 0.312 e. The van der Waals surface area contributed by atoms with Crippen molar-refractivity contribution in [2.24, 2.45) is 0 Å². The Balaban J connectivity index is 2.28. The number of aromatic amines is 1. The van der Waals surface area contributed by atoms with Crippen LogP contribution in [0.15, 0.2) is 34.8 Å². The number of nitrogens with zero attached hydrogens (tertiary/aromatic N) is 1. The summed E-state index contributed by atoms with van der Waals surface area (Å²) in [6.07, 6.45) is 0. The highest BCUT2D eigenvalue weighted by atomic mass is 79.9. The van der Waals surface area contributed by atoms with Crippen LogP contribution in [0.2, 0.25) is 0 Å². The molecule has 0 saturated heterocycles. The molecule has 2 N–H and O–H groups in total. The quantitative estimate of drug-likeness (QED) is 0.907. The van der Waals surface area contributed by atoms with Crippen LogP contribution in [0.25, 0.3) is 11.3 Å². The van der Waals surface area contributed by atoms with E-state index < -0.39 is 0 Å². The van der Waals surface area contributed by atoms with Gasteiger partial charge in [0.1, 0.15) is 0 Å². The van der Waals surface area contributed by atoms with Gasteiger partial charge in [-0.2, -0.15) is 5.10 Å². The third kappa shape index (κ3) is 2.33. The van der Waals surface area contributed by atoms with Gasteiger partial charge in [-0.25, -0.2) is 0 Å². The second-order valence-corrected chi connectivity index (χ2v) is 4.64. The zero-order chi connectivity index (χ0) is 11.5. The molecule has 84 valence electrons. The van der Waals surface area contributed by atoms with E-state index in [1.54, 1.807) is 0 Å². The predicted molar refractivity (Wildman–Crippen MR) is 69.2 cm³/mol. The third-order valence-corrected chi connectivity index (χ3v) is 3.17. The van der Waals surface area contributed by atoms with Crippen LogP contribution in [-0.4, -0.2) is 17.2 Å². The van der Waals surface area contributed by atoms with E-state index in [9.17, 15) is 0 Å². The third-order valence-electron chi connectivity index (χ3n) is 2.64. The van der Waals surface area contributed by atoms with E-state index in [0.29, 0.717) is 0 Å². The average Bonchev–Trinajstić information content (AvgIpc) is 2.78. The molecule has 0 bridgehead atoms. The Hall–Kier alpha value is -1.13. The second kappa shape index (κ2) is 4.80. The molecular weight excluding hydrogens is 266 g/mol. The molecule has 0 aliphatic carbocycles. The fourth-order valence-corrected chi connectivity index (χ4v) is 1.75. The lowest BCUT2D eigenvalue weighted by atomic mass is 10.1. The summed E-state index contributed by atoms with van der Waals surface area (Å²) in [6.45, 7) is 2.10. The van der Waals surface area contributed by atoms with Crippen molar-refractivity contribution in [1.29, 1.82) is 0 Å². The molecule has 1 unspecified atom stereocenters. The zero-order valence-electron chi connectivity index (χ0n) is 9.29. The Morgan fingerprint density at radius 3 is 2.62 bits per heavy atom. The van der Waals surface area contributed by atoms with Gasteiger partial charge in [0.2, 0.25) is 0 Å². The van der Waals surface area contributed by atoms with Gasteiger partial charge in [-0.15, -0.1) is 0 Å². The van der Waals surface area contributed by atoms with Crippen LogP contribution < -0.4 is 5.32 Å². The Bertz CT molecular complexity index is 461. The number of rotatable bonds is 3. The highest BCUT2D eigenvalue weighted by Gasteiger charge is 2.08. The molecule has 1 atom stereocenters. The van der Waals surface area contributed by atoms with Gasteiger partial charge >= 0.3 is 0 Å². The van der Waals surface area contributed by atoms with Crippen LogP contribution in [0, 0.1) is 0 Å². The molecule has 16 heavy (non-hydrogen) atoms. The molecule has 0 saturated carbocycles. The summed E-state index contributed by atoms with van der Waals surface area (Å²) in [7, 11) is 1.94. The Labute approximate surface area is 103 Å². The SMILES string of the molecule is CNC(C)c1cc(-c2ccc(Br)cc2)n[nH]1. The molecule has 2 rings (SSSR count). The topological polar surface area (TPSA) is 40.7 Å². The van der Waals surface area contributed by atoms with Crippen molar-refractivity contribution < 1.29 is 0 Å². The van der Waals surface area contributed by atoms with Crippen LogP contribution in [0.1, 0.15) is 18.7 Å². The number of H-pyrrole nitrogens is 1. The van der Waals surface area contributed by atoms with Gasteiger partial charge in [0.05, 0.1) is 11.4 Å². The number of halogens is 1. The van der Waals surface area contributed by atoms with Gasteiger partial charge in [0.25, 0.3) is 0 Å². The van der Waals surface area contributed by atoms with E-state index in [-0.39, 0.29) is 6.04 Å². The number of nitrogens with one attached hydrogen (secondary N) is 2. The summed E-state index contributed by atoms with van der Waals surface area (Å²) < 4.78 is 1.08. The average molecular weight is 280 g/mol. The lowest BCUT2D eigenvalue weighted by Crippen LogP contribution is -2.12. The number of hydrogen-bond donors (Lipinski definition) is 2. The van der Waals surface area contributed by atoms with E-state index in [2.05, 4.69) is 44.4 Å². The summed E-state index contributed by atoms with van der Waals surface area (Å²) in [5, 5.41) is 10.5. The van der Waals surface area contributed by atoms with Crippen LogP contribution in [0.4, 0.5) is 0 Å². The summed E-state index contributed by atoms with van der Waals surface area (Å²) in [5.74, 6) is 0. The van der Waals surface area contributed by atoms with E-state index in [4.69, 9.17) is 0 Å². The van der Waals surface area contributed by atoms with Crippen molar-refractivity contribution in [3.63, 3.8) is 0 Å². The van der Waals surface area contributed by atoms with E-state index in [1.165, 1.54) is 0 Å². The normalized spacial score (nSPS) is 12.7. The predicted octanol–water partition coefficient (Wildman–Crippen LogP) is 3.12. The van der Waals surface area contributed by atoms with Crippen LogP contribution in [0.3, 0.4) is 0 Å². The van der Waals surface area contributed by atoms with Crippen molar-refractivity contribution in [3.05, 3.63) is 40.5 Å². The molecule has 1 heterocycles. The lowest BCUT2D eigenvalue weighted by Gasteiger charge is -2.05. The monoisotopic (exact) mass is 279 g/mol. The molecule has 0 fully saturated rings. The Kier molecular flexibility index (Phi) is 3.41. The molecule has 2 aromatic rings. The van der Waals surface area contributed by atoms with E-state index in [1.807, 2.05) is 31.3 Å². The highest BCUT2D eigenvalue weighted by Crippen LogP contribution is 2.22. The van der Waals surface area contributed by atoms with Crippen LogP contribution in [0.5, 0.6) is 0 Å². The number of benzene rings is 1. The van der Waals surface area contributed by atoms with Crippen LogP contribution >= 0.6 is 15.9 Å². The summed E-state index contributed by atoms with van der Waals surface area (Å²) >= 11 is 3.42. The molecule has 0 amide bonds. The molecule has 0 spiro atoms. The minimum absolute atomic E-state index is 0.289. The minimum atomic E-state index is 0.289. The van der Waals surface area contributed by atoms with Gasteiger partial charge in [0.15, 0.2) is 0 Å². The number of aromatic nitrogens is 2. The Morgan fingerprint density at radius 2 is 2.00 bits per heavy atom. The van der Waals surface area contributed by atoms with Crippen LogP contribution in [-0.2, 0) is 0 Å². The molecule has 4 heteroatoms. The summed E-state index contributed by atoms with van der Waals surface area (Å²) in [5.41, 5.74) is 3.19. The molecule has 0 aliphatic heterocycles. The zero-order valence-corrected chi connectivity index (χ0v) is 10.9. The standard InChI is InChI=1S/C12H14BrN3/c1-8(14-2)11-7-12(16-15-11)9-3-5-10(13)6-4-9/h3-8,14H,1-2H3,(H,15,16). The smallest absolute Gasteiger partial charge is 0.0924 e. The second-order valence-electron chi connectivity index (χ2n) is 3.73. The maximum Gasteiger partial charge on any atom is 0.0924 e. The van der Waals surface area contributed by atoms with E-state index >= 15 is 0 Å². The molecule has 0 aliphatic rings. The lowest BCUT2D eigenvalue weighted by molar-refractivity contribution is 0.630. The molecule has 3 nitrogen and oxygen atoms in total. The van der Waals surface area contributed by atoms with Crippen molar-refractivity contribution in [2.75, 3.05) is 7.05 Å². The maximum absolute atomic E-state index is 4.30. The molecular formula is C12H14BrN3. The van der Waals surface area contributed by atoms with Gasteiger partial charge in [-0.3, -0.25) is 5.10 Å². The van der Waals surface area contributed by atoms with Gasteiger partial charge in [0, 0.05) is 16.1 Å². The highest BCUT2D eigenvalue weighted by molar-refractivity contribution is 9.10. The fourth-order valence-electron chi connectivity index (χ4n) is 1.48. The number of hydrogen-bond acceptors (Lipinski definition) is 2. The summed E-state index contributed by atoms with van der Waals surface area (Å²) in [4.78, 5) is 0. The first kappa shape index (κ1) is 11.4. The first-order valence-electron chi connectivity index (χ1n) is 5.19. The minimum Gasteiger partial charge on any atom is -0.312 e. The molecule has 0 radical (unpaired) electrons. The fraction of sp³-hybridized carbons (Fsp3) is 0.250. The Morgan fingerprint density at radius 1 is 1.31 bits per heavy atom. The van der Waals surface area contributed by atoms with Gasteiger partial charge in [-0.1, -0.05) is 28.1 Å². The molecule has 1 aromatic heterocycles.